The summed E-state index contributed by atoms with van der Waals surface area (Å²) >= 11 is 0. The van der Waals surface area contributed by atoms with E-state index in [1.807, 2.05) is 42.5 Å². The van der Waals surface area contributed by atoms with Gasteiger partial charge in [0.15, 0.2) is 11.5 Å². The van der Waals surface area contributed by atoms with Crippen LogP contribution >= 0.6 is 0 Å². The van der Waals surface area contributed by atoms with Crippen molar-refractivity contribution in [2.24, 2.45) is 0 Å². The number of carbonyl (C=O) groups excluding carboxylic acids is 1. The van der Waals surface area contributed by atoms with Crippen LogP contribution in [0.2, 0.25) is 0 Å². The Hall–Kier alpha value is -5.19. The smallest absolute Gasteiger partial charge is 0.332 e. The van der Waals surface area contributed by atoms with Crippen LogP contribution in [0.15, 0.2) is 86.9 Å². The maximum Gasteiger partial charge on any atom is 0.332 e. The van der Waals surface area contributed by atoms with Gasteiger partial charge in [0, 0.05) is 12.1 Å². The fourth-order valence-corrected chi connectivity index (χ4v) is 4.40. The van der Waals surface area contributed by atoms with Crippen LogP contribution in [0.1, 0.15) is 11.5 Å². The zero-order valence-corrected chi connectivity index (χ0v) is 22.0. The molecule has 0 aliphatic heterocycles. The third-order valence-electron chi connectivity index (χ3n) is 6.41. The summed E-state index contributed by atoms with van der Waals surface area (Å²) in [4.78, 5) is 43.9. The van der Waals surface area contributed by atoms with Crippen molar-refractivity contribution >= 4 is 16.8 Å². The summed E-state index contributed by atoms with van der Waals surface area (Å²) in [6.07, 6.45) is 0.544. The Morgan fingerprint density at radius 2 is 1.68 bits per heavy atom. The normalized spacial score (nSPS) is 10.9. The maximum absolute atomic E-state index is 13.5. The summed E-state index contributed by atoms with van der Waals surface area (Å²) in [5.74, 6) is 1.29. The van der Waals surface area contributed by atoms with Crippen LogP contribution < -0.4 is 26.0 Å². The highest BCUT2D eigenvalue weighted by molar-refractivity contribution is 5.81. The molecule has 1 amide bonds. The molecule has 2 heterocycles. The first-order valence-electron chi connectivity index (χ1n) is 12.6. The van der Waals surface area contributed by atoms with Gasteiger partial charge >= 0.3 is 5.69 Å². The molecular formula is C29H27N5O6. The maximum atomic E-state index is 13.5. The van der Waals surface area contributed by atoms with E-state index >= 15 is 0 Å². The second-order valence-corrected chi connectivity index (χ2v) is 8.94. The van der Waals surface area contributed by atoms with Gasteiger partial charge in [-0.15, -0.1) is 0 Å². The molecule has 0 aliphatic rings. The van der Waals surface area contributed by atoms with Crippen LogP contribution in [0.25, 0.3) is 22.3 Å². The molecule has 5 rings (SSSR count). The van der Waals surface area contributed by atoms with Crippen LogP contribution in [0.4, 0.5) is 0 Å². The van der Waals surface area contributed by atoms with Gasteiger partial charge in [0.25, 0.3) is 5.56 Å². The molecule has 0 saturated carbocycles. The summed E-state index contributed by atoms with van der Waals surface area (Å²) in [7, 11) is 3.13. The van der Waals surface area contributed by atoms with Crippen molar-refractivity contribution in [3.05, 3.63) is 105 Å². The van der Waals surface area contributed by atoms with E-state index in [1.165, 1.54) is 4.57 Å². The molecule has 0 radical (unpaired) electrons. The van der Waals surface area contributed by atoms with E-state index < -0.39 is 11.2 Å². The minimum atomic E-state index is -0.654. The standard InChI is InChI=1S/C29H27N5O6/c1-38-23-13-12-19(16-24(23)39-2)14-15-30-25(35)17-33-22-11-7-6-10-21(22)28(36)34(29(33)37)18-26-31-27(32-40-26)20-8-4-3-5-9-20/h3-13,16H,14-15,17-18H2,1-2H3,(H,30,35). The lowest BCUT2D eigenvalue weighted by atomic mass is 10.1. The van der Waals surface area contributed by atoms with Gasteiger partial charge in [-0.3, -0.25) is 18.7 Å². The number of para-hydroxylation sites is 1. The molecule has 0 atom stereocenters. The molecule has 204 valence electrons. The molecule has 11 heteroatoms. The van der Waals surface area contributed by atoms with E-state index in [9.17, 15) is 14.4 Å². The summed E-state index contributed by atoms with van der Waals surface area (Å²) in [6.45, 7) is -0.168. The number of aromatic nitrogens is 4. The fourth-order valence-electron chi connectivity index (χ4n) is 4.40. The summed E-state index contributed by atoms with van der Waals surface area (Å²) in [6, 6.07) is 21.4. The monoisotopic (exact) mass is 541 g/mol. The van der Waals surface area contributed by atoms with Crippen LogP contribution in [-0.4, -0.2) is 45.9 Å². The van der Waals surface area contributed by atoms with Gasteiger partial charge in [0.2, 0.25) is 17.6 Å². The van der Waals surface area contributed by atoms with Crippen molar-refractivity contribution < 1.29 is 18.8 Å². The third-order valence-corrected chi connectivity index (χ3v) is 6.41. The number of carbonyl (C=O) groups is 1. The first-order valence-corrected chi connectivity index (χ1v) is 12.6. The SMILES string of the molecule is COc1ccc(CCNC(=O)Cn2c(=O)n(Cc3nc(-c4ccccc4)no3)c(=O)c3ccccc32)cc1OC. The average Bonchev–Trinajstić information content (AvgIpc) is 3.46. The van der Waals surface area contributed by atoms with Crippen molar-refractivity contribution in [1.29, 1.82) is 0 Å². The van der Waals surface area contributed by atoms with Gasteiger partial charge in [-0.05, 0) is 36.2 Å². The minimum Gasteiger partial charge on any atom is -0.493 e. The zero-order valence-electron chi connectivity index (χ0n) is 22.0. The van der Waals surface area contributed by atoms with Crippen molar-refractivity contribution in [3.8, 4) is 22.9 Å². The number of methoxy groups -OCH3 is 2. The van der Waals surface area contributed by atoms with Crippen molar-refractivity contribution in [2.45, 2.75) is 19.5 Å². The molecular weight excluding hydrogens is 514 g/mol. The van der Waals surface area contributed by atoms with E-state index in [0.717, 1.165) is 15.7 Å². The highest BCUT2D eigenvalue weighted by Gasteiger charge is 2.18. The second-order valence-electron chi connectivity index (χ2n) is 8.94. The zero-order chi connectivity index (χ0) is 28.1. The second kappa shape index (κ2) is 11.7. The Kier molecular flexibility index (Phi) is 7.72. The summed E-state index contributed by atoms with van der Waals surface area (Å²) < 4.78 is 18.2. The van der Waals surface area contributed by atoms with Crippen molar-refractivity contribution in [2.75, 3.05) is 20.8 Å². The van der Waals surface area contributed by atoms with Crippen LogP contribution in [-0.2, 0) is 24.3 Å². The average molecular weight is 542 g/mol. The lowest BCUT2D eigenvalue weighted by Gasteiger charge is -2.13. The van der Waals surface area contributed by atoms with Crippen molar-refractivity contribution in [3.63, 3.8) is 0 Å². The predicted octanol–water partition coefficient (Wildman–Crippen LogP) is 2.64. The Balaban J connectivity index is 1.36. The quantitative estimate of drug-likeness (QED) is 0.286. The number of amides is 1. The minimum absolute atomic E-state index is 0.0965. The largest absolute Gasteiger partial charge is 0.493 e. The van der Waals surface area contributed by atoms with Crippen molar-refractivity contribution in [1.82, 2.24) is 24.6 Å². The van der Waals surface area contributed by atoms with Gasteiger partial charge in [-0.25, -0.2) is 4.79 Å². The number of benzene rings is 3. The molecule has 1 N–H and O–H groups in total. The van der Waals surface area contributed by atoms with E-state index in [-0.39, 0.29) is 24.9 Å². The van der Waals surface area contributed by atoms with E-state index in [1.54, 1.807) is 44.6 Å². The number of rotatable bonds is 10. The Morgan fingerprint density at radius 1 is 0.925 bits per heavy atom. The predicted molar refractivity (Wildman–Crippen MR) is 148 cm³/mol. The highest BCUT2D eigenvalue weighted by atomic mass is 16.5. The van der Waals surface area contributed by atoms with Gasteiger partial charge in [0.05, 0.1) is 25.1 Å². The van der Waals surface area contributed by atoms with Crippen LogP contribution in [0.5, 0.6) is 11.5 Å². The number of hydrogen-bond donors (Lipinski definition) is 1. The molecule has 0 bridgehead atoms. The lowest BCUT2D eigenvalue weighted by Crippen LogP contribution is -2.43. The Bertz CT molecular complexity index is 1770. The number of nitrogens with one attached hydrogen (secondary N) is 1. The lowest BCUT2D eigenvalue weighted by molar-refractivity contribution is -0.121. The molecule has 2 aromatic heterocycles. The number of hydrogen-bond acceptors (Lipinski definition) is 8. The fraction of sp³-hybridized carbons (Fsp3) is 0.207. The van der Waals surface area contributed by atoms with Gasteiger partial charge in [-0.2, -0.15) is 4.98 Å². The van der Waals surface area contributed by atoms with Gasteiger partial charge in [-0.1, -0.05) is 53.7 Å². The van der Waals surface area contributed by atoms with E-state index in [4.69, 9.17) is 14.0 Å². The molecule has 0 saturated heterocycles. The molecule has 3 aromatic carbocycles. The Morgan fingerprint density at radius 3 is 2.45 bits per heavy atom. The molecule has 11 nitrogen and oxygen atoms in total. The van der Waals surface area contributed by atoms with E-state index in [2.05, 4.69) is 15.5 Å². The molecule has 5 aromatic rings. The number of nitrogens with zero attached hydrogens (tertiary/aromatic N) is 4. The van der Waals surface area contributed by atoms with Crippen LogP contribution in [0, 0.1) is 0 Å². The Labute approximate surface area is 228 Å². The van der Waals surface area contributed by atoms with E-state index in [0.29, 0.717) is 41.2 Å². The highest BCUT2D eigenvalue weighted by Crippen LogP contribution is 2.27. The molecule has 0 unspecified atom stereocenters. The topological polar surface area (TPSA) is 130 Å². The van der Waals surface area contributed by atoms with Gasteiger partial charge < -0.3 is 19.3 Å². The number of ether oxygens (including phenoxy) is 2. The molecule has 0 spiro atoms. The van der Waals surface area contributed by atoms with Gasteiger partial charge in [0.1, 0.15) is 13.1 Å². The molecule has 0 fully saturated rings. The summed E-state index contributed by atoms with van der Waals surface area (Å²) in [5, 5.41) is 7.10. The first kappa shape index (κ1) is 26.4. The van der Waals surface area contributed by atoms with Crippen LogP contribution in [0.3, 0.4) is 0 Å². The summed E-state index contributed by atoms with van der Waals surface area (Å²) in [5.41, 5.74) is 0.886. The molecule has 0 aliphatic carbocycles. The molecule has 40 heavy (non-hydrogen) atoms. The number of fused-ring (bicyclic) bond motifs is 1. The third kappa shape index (κ3) is 5.48. The first-order chi connectivity index (χ1) is 19.5.